The summed E-state index contributed by atoms with van der Waals surface area (Å²) in [6.45, 7) is 0.567. The van der Waals surface area contributed by atoms with Gasteiger partial charge in [-0.15, -0.1) is 0 Å². The van der Waals surface area contributed by atoms with Gasteiger partial charge >= 0.3 is 0 Å². The van der Waals surface area contributed by atoms with E-state index in [9.17, 15) is 8.42 Å². The predicted octanol–water partition coefficient (Wildman–Crippen LogP) is 0.362. The molecular weight excluding hydrogens is 250 g/mol. The Morgan fingerprint density at radius 2 is 2.39 bits per heavy atom. The van der Waals surface area contributed by atoms with Gasteiger partial charge in [-0.1, -0.05) is 0 Å². The lowest BCUT2D eigenvalue weighted by molar-refractivity contribution is 0.348. The van der Waals surface area contributed by atoms with Gasteiger partial charge in [0.25, 0.3) is 0 Å². The standard InChI is InChI=1S/C12H21N3O2S/c1-15-12(4-6-14-15)3-2-10(8-13)11-5-7-18(16,17)9-11/h4,6,10-11H,2-3,5,7-9,13H2,1H3. The van der Waals surface area contributed by atoms with E-state index < -0.39 is 9.84 Å². The number of hydrogen-bond donors (Lipinski definition) is 1. The van der Waals surface area contributed by atoms with Crippen LogP contribution in [0.4, 0.5) is 0 Å². The first-order chi connectivity index (χ1) is 8.52. The van der Waals surface area contributed by atoms with Crippen LogP contribution in [0.5, 0.6) is 0 Å². The molecular formula is C12H21N3O2S. The second kappa shape index (κ2) is 5.40. The van der Waals surface area contributed by atoms with Crippen molar-refractivity contribution in [1.82, 2.24) is 9.78 Å². The van der Waals surface area contributed by atoms with Gasteiger partial charge in [0, 0.05) is 18.9 Å². The van der Waals surface area contributed by atoms with Crippen LogP contribution in [0.3, 0.4) is 0 Å². The number of aromatic nitrogens is 2. The zero-order valence-electron chi connectivity index (χ0n) is 10.7. The maximum Gasteiger partial charge on any atom is 0.150 e. The minimum atomic E-state index is -2.80. The molecule has 0 saturated carbocycles. The quantitative estimate of drug-likeness (QED) is 0.839. The molecule has 0 spiro atoms. The Morgan fingerprint density at radius 1 is 1.61 bits per heavy atom. The van der Waals surface area contributed by atoms with Crippen LogP contribution in [0.25, 0.3) is 0 Å². The van der Waals surface area contributed by atoms with E-state index in [0.29, 0.717) is 24.0 Å². The van der Waals surface area contributed by atoms with Gasteiger partial charge in [0.1, 0.15) is 0 Å². The molecule has 0 amide bonds. The molecule has 0 bridgehead atoms. The summed E-state index contributed by atoms with van der Waals surface area (Å²) in [5.41, 5.74) is 6.98. The highest BCUT2D eigenvalue weighted by Gasteiger charge is 2.32. The minimum absolute atomic E-state index is 0.244. The molecule has 2 atom stereocenters. The van der Waals surface area contributed by atoms with Crippen LogP contribution in [0, 0.1) is 11.8 Å². The molecule has 5 nitrogen and oxygen atoms in total. The average molecular weight is 271 g/mol. The molecule has 18 heavy (non-hydrogen) atoms. The van der Waals surface area contributed by atoms with Crippen LogP contribution in [0.15, 0.2) is 12.3 Å². The van der Waals surface area contributed by atoms with Crippen molar-refractivity contribution >= 4 is 9.84 Å². The fraction of sp³-hybridized carbons (Fsp3) is 0.750. The van der Waals surface area contributed by atoms with E-state index in [1.165, 1.54) is 5.69 Å². The summed E-state index contributed by atoms with van der Waals surface area (Å²) in [5, 5.41) is 4.13. The van der Waals surface area contributed by atoms with Crippen molar-refractivity contribution < 1.29 is 8.42 Å². The van der Waals surface area contributed by atoms with E-state index in [1.807, 2.05) is 17.8 Å². The molecule has 1 aromatic rings. The van der Waals surface area contributed by atoms with Gasteiger partial charge in [-0.3, -0.25) is 4.68 Å². The zero-order valence-corrected chi connectivity index (χ0v) is 11.6. The smallest absolute Gasteiger partial charge is 0.150 e. The van der Waals surface area contributed by atoms with Gasteiger partial charge in [-0.2, -0.15) is 5.10 Å². The lowest BCUT2D eigenvalue weighted by atomic mass is 9.87. The third-order valence-electron chi connectivity index (χ3n) is 3.93. The number of rotatable bonds is 5. The van der Waals surface area contributed by atoms with Crippen molar-refractivity contribution in [2.75, 3.05) is 18.1 Å². The predicted molar refractivity (Wildman–Crippen MR) is 70.8 cm³/mol. The Bertz CT molecular complexity index is 495. The van der Waals surface area contributed by atoms with Crippen LogP contribution in [0.1, 0.15) is 18.5 Å². The van der Waals surface area contributed by atoms with Gasteiger partial charge in [-0.05, 0) is 43.7 Å². The highest BCUT2D eigenvalue weighted by molar-refractivity contribution is 7.91. The summed E-state index contributed by atoms with van der Waals surface area (Å²) in [6, 6.07) is 2.00. The minimum Gasteiger partial charge on any atom is -0.330 e. The van der Waals surface area contributed by atoms with Gasteiger partial charge in [0.15, 0.2) is 9.84 Å². The Morgan fingerprint density at radius 3 is 2.89 bits per heavy atom. The van der Waals surface area contributed by atoms with E-state index in [4.69, 9.17) is 5.73 Å². The van der Waals surface area contributed by atoms with Crippen molar-refractivity contribution in [3.05, 3.63) is 18.0 Å². The van der Waals surface area contributed by atoms with Crippen LogP contribution >= 0.6 is 0 Å². The van der Waals surface area contributed by atoms with Gasteiger partial charge in [0.05, 0.1) is 11.5 Å². The first-order valence-corrected chi connectivity index (χ1v) is 8.21. The molecule has 1 saturated heterocycles. The SMILES string of the molecule is Cn1nccc1CCC(CN)C1CCS(=O)(=O)C1. The third-order valence-corrected chi connectivity index (χ3v) is 5.72. The number of aryl methyl sites for hydroxylation is 2. The number of hydrogen-bond acceptors (Lipinski definition) is 4. The summed E-state index contributed by atoms with van der Waals surface area (Å²) in [7, 11) is -0.881. The fourth-order valence-corrected chi connectivity index (χ4v) is 4.64. The zero-order chi connectivity index (χ0) is 13.2. The molecule has 2 N–H and O–H groups in total. The maximum absolute atomic E-state index is 11.5. The molecule has 6 heteroatoms. The molecule has 0 aromatic carbocycles. The first-order valence-electron chi connectivity index (χ1n) is 6.39. The summed E-state index contributed by atoms with van der Waals surface area (Å²) in [4.78, 5) is 0. The van der Waals surface area contributed by atoms with Crippen molar-refractivity contribution in [3.63, 3.8) is 0 Å². The van der Waals surface area contributed by atoms with Gasteiger partial charge < -0.3 is 5.73 Å². The molecule has 1 aliphatic rings. The van der Waals surface area contributed by atoms with Crippen molar-refractivity contribution in [2.45, 2.75) is 19.3 Å². The van der Waals surface area contributed by atoms with Gasteiger partial charge in [-0.25, -0.2) is 8.42 Å². The summed E-state index contributed by atoms with van der Waals surface area (Å²) >= 11 is 0. The fourth-order valence-electron chi connectivity index (χ4n) is 2.72. The second-order valence-corrected chi connectivity index (χ2v) is 7.37. The molecule has 102 valence electrons. The highest BCUT2D eigenvalue weighted by Crippen LogP contribution is 2.28. The second-order valence-electron chi connectivity index (χ2n) is 5.14. The maximum atomic E-state index is 11.5. The number of nitrogens with two attached hydrogens (primary N) is 1. The normalized spacial score (nSPS) is 24.2. The molecule has 0 radical (unpaired) electrons. The van der Waals surface area contributed by atoms with Crippen molar-refractivity contribution in [2.24, 2.45) is 24.6 Å². The molecule has 2 heterocycles. The van der Waals surface area contributed by atoms with Crippen LogP contribution in [-0.4, -0.2) is 36.2 Å². The molecule has 1 aliphatic heterocycles. The first kappa shape index (κ1) is 13.5. The molecule has 1 aromatic heterocycles. The Hall–Kier alpha value is -0.880. The third kappa shape index (κ3) is 3.11. The largest absolute Gasteiger partial charge is 0.330 e. The average Bonchev–Trinajstić information content (AvgIpc) is 2.87. The van der Waals surface area contributed by atoms with E-state index in [0.717, 1.165) is 19.3 Å². The summed E-state index contributed by atoms with van der Waals surface area (Å²) < 4.78 is 24.8. The lowest BCUT2D eigenvalue weighted by Gasteiger charge is -2.20. The summed E-state index contributed by atoms with van der Waals surface area (Å²) in [5.74, 6) is 1.20. The molecule has 2 rings (SSSR count). The van der Waals surface area contributed by atoms with Crippen LogP contribution < -0.4 is 5.73 Å². The van der Waals surface area contributed by atoms with E-state index in [-0.39, 0.29) is 5.92 Å². The number of sulfone groups is 1. The highest BCUT2D eigenvalue weighted by atomic mass is 32.2. The van der Waals surface area contributed by atoms with Gasteiger partial charge in [0.2, 0.25) is 0 Å². The van der Waals surface area contributed by atoms with Crippen LogP contribution in [0.2, 0.25) is 0 Å². The molecule has 2 unspecified atom stereocenters. The van der Waals surface area contributed by atoms with E-state index >= 15 is 0 Å². The summed E-state index contributed by atoms with van der Waals surface area (Å²) in [6.07, 6.45) is 4.41. The topological polar surface area (TPSA) is 78.0 Å². The Labute approximate surface area is 108 Å². The molecule has 0 aliphatic carbocycles. The van der Waals surface area contributed by atoms with Crippen LogP contribution in [-0.2, 0) is 23.3 Å². The van der Waals surface area contributed by atoms with Crippen molar-refractivity contribution in [3.8, 4) is 0 Å². The van der Waals surface area contributed by atoms with E-state index in [2.05, 4.69) is 5.10 Å². The van der Waals surface area contributed by atoms with E-state index in [1.54, 1.807) is 6.20 Å². The van der Waals surface area contributed by atoms with Crippen molar-refractivity contribution in [1.29, 1.82) is 0 Å². The Balaban J connectivity index is 1.92. The lowest BCUT2D eigenvalue weighted by Crippen LogP contribution is -2.25. The molecule has 1 fully saturated rings. The number of nitrogens with zero attached hydrogens (tertiary/aromatic N) is 2. The monoisotopic (exact) mass is 271 g/mol. The Kier molecular flexibility index (Phi) is 4.07.